The zero-order valence-electron chi connectivity index (χ0n) is 15.6. The molecule has 0 aliphatic carbocycles. The van der Waals surface area contributed by atoms with Crippen LogP contribution in [0.3, 0.4) is 0 Å². The molecule has 1 heterocycles. The largest absolute Gasteiger partial charge is 0.507 e. The number of benzene rings is 1. The Bertz CT molecular complexity index is 840. The molecule has 0 amide bonds. The third-order valence-electron chi connectivity index (χ3n) is 4.77. The highest BCUT2D eigenvalue weighted by Crippen LogP contribution is 2.29. The molecule has 3 N–H and O–H groups in total. The Labute approximate surface area is 152 Å². The number of aryl methyl sites for hydroxylation is 1. The second kappa shape index (κ2) is 8.85. The molecule has 1 aromatic heterocycles. The average molecular weight is 361 g/mol. The van der Waals surface area contributed by atoms with E-state index in [0.29, 0.717) is 23.1 Å². The molecule has 1 atom stereocenters. The van der Waals surface area contributed by atoms with Crippen LogP contribution in [-0.2, 0) is 17.8 Å². The Morgan fingerprint density at radius 3 is 2.62 bits per heavy atom. The number of nitrogens with one attached hydrogen (secondary N) is 1. The highest BCUT2D eigenvalue weighted by atomic mass is 16.4. The molecule has 0 fully saturated rings. The monoisotopic (exact) mass is 361 g/mol. The second-order valence-corrected chi connectivity index (χ2v) is 6.68. The van der Waals surface area contributed by atoms with Crippen LogP contribution in [0.5, 0.6) is 5.75 Å². The lowest BCUT2D eigenvalue weighted by molar-refractivity contribution is -0.139. The summed E-state index contributed by atoms with van der Waals surface area (Å²) in [5.41, 5.74) is 1.87. The predicted octanol–water partition coefficient (Wildman–Crippen LogP) is 3.49. The van der Waals surface area contributed by atoms with Crippen molar-refractivity contribution in [3.8, 4) is 5.75 Å². The first-order valence-corrected chi connectivity index (χ1v) is 9.10. The summed E-state index contributed by atoms with van der Waals surface area (Å²) < 4.78 is 5.53. The van der Waals surface area contributed by atoms with Gasteiger partial charge < -0.3 is 19.9 Å². The number of hydrogen-bond acceptors (Lipinski definition) is 5. The zero-order valence-corrected chi connectivity index (χ0v) is 15.6. The predicted molar refractivity (Wildman–Crippen MR) is 101 cm³/mol. The van der Waals surface area contributed by atoms with Crippen LogP contribution in [0.4, 0.5) is 0 Å². The van der Waals surface area contributed by atoms with Gasteiger partial charge in [-0.1, -0.05) is 26.2 Å². The maximum atomic E-state index is 12.5. The molecule has 0 saturated carbocycles. The molecular weight excluding hydrogens is 334 g/mol. The topological polar surface area (TPSA) is 99.8 Å². The number of carboxylic acids is 1. The molecule has 2 aromatic rings. The molecule has 0 aliphatic rings. The molecule has 142 valence electrons. The van der Waals surface area contributed by atoms with Crippen molar-refractivity contribution in [3.63, 3.8) is 0 Å². The van der Waals surface area contributed by atoms with Gasteiger partial charge >= 0.3 is 11.6 Å². The van der Waals surface area contributed by atoms with Gasteiger partial charge in [0.1, 0.15) is 17.4 Å². The summed E-state index contributed by atoms with van der Waals surface area (Å²) in [6.07, 6.45) is 4.96. The van der Waals surface area contributed by atoms with Crippen molar-refractivity contribution in [1.29, 1.82) is 0 Å². The quantitative estimate of drug-likeness (QED) is 0.467. The Morgan fingerprint density at radius 1 is 1.23 bits per heavy atom. The fourth-order valence-electron chi connectivity index (χ4n) is 3.03. The number of fused-ring (bicyclic) bond motifs is 1. The SMILES string of the molecule is CCCCCCc1c(C)c2ccc(O)c(CNC(C)C(=O)O)c2oc1=O. The van der Waals surface area contributed by atoms with Crippen molar-refractivity contribution in [3.05, 3.63) is 39.2 Å². The molecule has 26 heavy (non-hydrogen) atoms. The van der Waals surface area contributed by atoms with Crippen LogP contribution < -0.4 is 10.9 Å². The molecule has 0 radical (unpaired) electrons. The number of rotatable bonds is 9. The number of aromatic hydroxyl groups is 1. The Balaban J connectivity index is 2.38. The van der Waals surface area contributed by atoms with Gasteiger partial charge in [-0.15, -0.1) is 0 Å². The van der Waals surface area contributed by atoms with E-state index in [1.165, 1.54) is 6.92 Å². The number of phenols is 1. The Morgan fingerprint density at radius 2 is 1.96 bits per heavy atom. The standard InChI is InChI=1S/C20H27NO5/c1-4-5-6-7-8-15-12(2)14-9-10-17(22)16(18(14)26-20(15)25)11-21-13(3)19(23)24/h9-10,13,21-22H,4-8,11H2,1-3H3,(H,23,24). The van der Waals surface area contributed by atoms with Crippen molar-refractivity contribution in [2.75, 3.05) is 0 Å². The molecule has 2 rings (SSSR count). The average Bonchev–Trinajstić information content (AvgIpc) is 2.59. The van der Waals surface area contributed by atoms with Crippen molar-refractivity contribution in [2.45, 2.75) is 65.5 Å². The van der Waals surface area contributed by atoms with E-state index in [0.717, 1.165) is 36.6 Å². The minimum absolute atomic E-state index is 0.0270. The molecule has 6 heteroatoms. The maximum Gasteiger partial charge on any atom is 0.339 e. The highest BCUT2D eigenvalue weighted by molar-refractivity contribution is 5.85. The minimum Gasteiger partial charge on any atom is -0.507 e. The van der Waals surface area contributed by atoms with Crippen molar-refractivity contribution in [2.24, 2.45) is 0 Å². The van der Waals surface area contributed by atoms with Gasteiger partial charge in [-0.05, 0) is 44.4 Å². The number of aliphatic carboxylic acids is 1. The summed E-state index contributed by atoms with van der Waals surface area (Å²) in [6.45, 7) is 5.64. The molecule has 0 spiro atoms. The van der Waals surface area contributed by atoms with Gasteiger partial charge in [0.25, 0.3) is 0 Å². The van der Waals surface area contributed by atoms with E-state index in [4.69, 9.17) is 9.52 Å². The molecule has 0 aliphatic heterocycles. The number of hydrogen-bond donors (Lipinski definition) is 3. The van der Waals surface area contributed by atoms with E-state index in [9.17, 15) is 14.7 Å². The lowest BCUT2D eigenvalue weighted by Gasteiger charge is -2.14. The van der Waals surface area contributed by atoms with E-state index in [2.05, 4.69) is 12.2 Å². The lowest BCUT2D eigenvalue weighted by Crippen LogP contribution is -2.33. The van der Waals surface area contributed by atoms with Crippen LogP contribution in [0.15, 0.2) is 21.3 Å². The van der Waals surface area contributed by atoms with Crippen LogP contribution >= 0.6 is 0 Å². The van der Waals surface area contributed by atoms with E-state index < -0.39 is 12.0 Å². The van der Waals surface area contributed by atoms with Crippen molar-refractivity contribution in [1.82, 2.24) is 5.32 Å². The molecule has 6 nitrogen and oxygen atoms in total. The van der Waals surface area contributed by atoms with Crippen LogP contribution in [0.2, 0.25) is 0 Å². The third-order valence-corrected chi connectivity index (χ3v) is 4.77. The first kappa shape index (κ1) is 20.0. The number of unbranched alkanes of at least 4 members (excludes halogenated alkanes) is 3. The van der Waals surface area contributed by atoms with Crippen molar-refractivity contribution >= 4 is 16.9 Å². The number of phenolic OH excluding ortho intramolecular Hbond substituents is 1. The van der Waals surface area contributed by atoms with Gasteiger partial charge in [-0.25, -0.2) is 4.79 Å². The fourth-order valence-corrected chi connectivity index (χ4v) is 3.03. The summed E-state index contributed by atoms with van der Waals surface area (Å²) in [6, 6.07) is 2.51. The number of carboxylic acid groups (broad SMARTS) is 1. The van der Waals surface area contributed by atoms with Crippen LogP contribution in [0.1, 0.15) is 56.2 Å². The van der Waals surface area contributed by atoms with E-state index in [1.807, 2.05) is 6.92 Å². The van der Waals surface area contributed by atoms with E-state index in [1.54, 1.807) is 12.1 Å². The molecule has 0 bridgehead atoms. The van der Waals surface area contributed by atoms with Gasteiger partial charge in [0.2, 0.25) is 0 Å². The summed E-state index contributed by atoms with van der Waals surface area (Å²) in [5.74, 6) is -1.02. The number of carbonyl (C=O) groups is 1. The first-order valence-electron chi connectivity index (χ1n) is 9.10. The molecule has 1 aromatic carbocycles. The molecule has 0 saturated heterocycles. The smallest absolute Gasteiger partial charge is 0.339 e. The first-order chi connectivity index (χ1) is 12.4. The van der Waals surface area contributed by atoms with Crippen LogP contribution in [0.25, 0.3) is 11.0 Å². The third kappa shape index (κ3) is 4.43. The molecule has 1 unspecified atom stereocenters. The Hall–Kier alpha value is -2.34. The minimum atomic E-state index is -0.989. The van der Waals surface area contributed by atoms with Gasteiger partial charge in [-0.3, -0.25) is 4.79 Å². The summed E-state index contributed by atoms with van der Waals surface area (Å²) in [4.78, 5) is 23.4. The van der Waals surface area contributed by atoms with Crippen LogP contribution in [0, 0.1) is 6.92 Å². The van der Waals surface area contributed by atoms with Crippen molar-refractivity contribution < 1.29 is 19.4 Å². The lowest BCUT2D eigenvalue weighted by atomic mass is 9.99. The molecular formula is C20H27NO5. The van der Waals surface area contributed by atoms with E-state index in [-0.39, 0.29) is 17.9 Å². The van der Waals surface area contributed by atoms with Gasteiger partial charge in [0.05, 0.1) is 5.56 Å². The second-order valence-electron chi connectivity index (χ2n) is 6.68. The zero-order chi connectivity index (χ0) is 19.3. The summed E-state index contributed by atoms with van der Waals surface area (Å²) in [7, 11) is 0. The van der Waals surface area contributed by atoms with Gasteiger partial charge in [-0.2, -0.15) is 0 Å². The highest BCUT2D eigenvalue weighted by Gasteiger charge is 2.18. The summed E-state index contributed by atoms with van der Waals surface area (Å²) in [5, 5.41) is 22.7. The van der Waals surface area contributed by atoms with E-state index >= 15 is 0 Å². The normalized spacial score (nSPS) is 12.4. The Kier molecular flexibility index (Phi) is 6.80. The van der Waals surface area contributed by atoms with Crippen LogP contribution in [-0.4, -0.2) is 22.2 Å². The fraction of sp³-hybridized carbons (Fsp3) is 0.500. The van der Waals surface area contributed by atoms with Gasteiger partial charge in [0.15, 0.2) is 0 Å². The summed E-state index contributed by atoms with van der Waals surface area (Å²) >= 11 is 0. The van der Waals surface area contributed by atoms with Gasteiger partial charge in [0, 0.05) is 17.5 Å². The maximum absolute atomic E-state index is 12.5.